The summed E-state index contributed by atoms with van der Waals surface area (Å²) in [7, 11) is 2.04. The van der Waals surface area contributed by atoms with Crippen molar-refractivity contribution in [2.24, 2.45) is 0 Å². The minimum Gasteiger partial charge on any atom is -0.378 e. The van der Waals surface area contributed by atoms with Crippen molar-refractivity contribution < 1.29 is 4.74 Å². The van der Waals surface area contributed by atoms with Crippen LogP contribution in [0.15, 0.2) is 0 Å². The number of rotatable bonds is 5. The zero-order valence-corrected chi connectivity index (χ0v) is 10.6. The quantitative estimate of drug-likeness (QED) is 0.750. The Bertz CT molecular complexity index is 167. The Hall–Kier alpha value is -0.120. The van der Waals surface area contributed by atoms with Crippen LogP contribution in [0, 0.1) is 0 Å². The molecule has 0 amide bonds. The van der Waals surface area contributed by atoms with E-state index in [2.05, 4.69) is 31.0 Å². The summed E-state index contributed by atoms with van der Waals surface area (Å²) in [5.74, 6) is 0. The summed E-state index contributed by atoms with van der Waals surface area (Å²) in [5, 5.41) is 3.33. The van der Waals surface area contributed by atoms with Gasteiger partial charge >= 0.3 is 0 Å². The number of nitrogens with one attached hydrogen (secondary N) is 1. The maximum Gasteiger partial charge on any atom is 0.0599 e. The van der Waals surface area contributed by atoms with Gasteiger partial charge in [-0.05, 0) is 40.7 Å². The Morgan fingerprint density at radius 3 is 2.40 bits per heavy atom. The van der Waals surface area contributed by atoms with Crippen LogP contribution in [-0.2, 0) is 4.74 Å². The summed E-state index contributed by atoms with van der Waals surface area (Å²) in [6, 6.07) is 1.19. The molecule has 2 unspecified atom stereocenters. The molecule has 1 aliphatic rings. The van der Waals surface area contributed by atoms with E-state index in [1.54, 1.807) is 0 Å². The number of hydrogen-bond acceptors (Lipinski definition) is 3. The lowest BCUT2D eigenvalue weighted by Crippen LogP contribution is -2.49. The second-order valence-corrected chi connectivity index (χ2v) is 4.51. The highest BCUT2D eigenvalue weighted by atomic mass is 16.5. The summed E-state index contributed by atoms with van der Waals surface area (Å²) in [5.41, 5.74) is 0. The minimum absolute atomic E-state index is 0.503. The van der Waals surface area contributed by atoms with Crippen molar-refractivity contribution >= 4 is 0 Å². The lowest BCUT2D eigenvalue weighted by molar-refractivity contribution is 0.00269. The molecule has 0 aromatic carbocycles. The van der Waals surface area contributed by atoms with Gasteiger partial charge in [-0.15, -0.1) is 0 Å². The molecule has 3 heteroatoms. The van der Waals surface area contributed by atoms with Gasteiger partial charge in [0.2, 0.25) is 0 Å². The number of hydrogen-bond donors (Lipinski definition) is 1. The van der Waals surface area contributed by atoms with Gasteiger partial charge in [0.1, 0.15) is 0 Å². The largest absolute Gasteiger partial charge is 0.378 e. The second-order valence-electron chi connectivity index (χ2n) is 4.51. The van der Waals surface area contributed by atoms with Gasteiger partial charge in [-0.3, -0.25) is 4.90 Å². The van der Waals surface area contributed by atoms with Crippen molar-refractivity contribution in [3.05, 3.63) is 0 Å². The number of piperidine rings is 1. The van der Waals surface area contributed by atoms with E-state index in [0.717, 1.165) is 6.61 Å². The molecule has 0 aromatic heterocycles. The summed E-state index contributed by atoms with van der Waals surface area (Å²) in [6.07, 6.45) is 2.88. The molecule has 15 heavy (non-hydrogen) atoms. The Morgan fingerprint density at radius 1 is 1.33 bits per heavy atom. The predicted octanol–water partition coefficient (Wildman–Crippen LogP) is 1.48. The SMILES string of the molecule is CCOC1CCN(C(C)C(C)NC)CC1. The van der Waals surface area contributed by atoms with Gasteiger partial charge in [0.05, 0.1) is 6.10 Å². The fraction of sp³-hybridized carbons (Fsp3) is 1.00. The molecule has 0 aliphatic carbocycles. The van der Waals surface area contributed by atoms with Crippen molar-refractivity contribution in [3.63, 3.8) is 0 Å². The lowest BCUT2D eigenvalue weighted by Gasteiger charge is -2.38. The number of nitrogens with zero attached hydrogens (tertiary/aromatic N) is 1. The van der Waals surface area contributed by atoms with E-state index in [4.69, 9.17) is 4.74 Å². The van der Waals surface area contributed by atoms with Crippen molar-refractivity contribution in [2.75, 3.05) is 26.7 Å². The number of ether oxygens (including phenoxy) is 1. The normalized spacial score (nSPS) is 24.0. The molecular weight excluding hydrogens is 188 g/mol. The van der Waals surface area contributed by atoms with E-state index in [1.807, 2.05) is 7.05 Å². The molecular formula is C12H26N2O. The monoisotopic (exact) mass is 214 g/mol. The summed E-state index contributed by atoms with van der Waals surface area (Å²) in [4.78, 5) is 2.57. The van der Waals surface area contributed by atoms with Gasteiger partial charge in [-0.2, -0.15) is 0 Å². The molecule has 1 heterocycles. The van der Waals surface area contributed by atoms with Gasteiger partial charge in [-0.25, -0.2) is 0 Å². The van der Waals surface area contributed by atoms with E-state index >= 15 is 0 Å². The van der Waals surface area contributed by atoms with Crippen LogP contribution in [0.5, 0.6) is 0 Å². The summed E-state index contributed by atoms with van der Waals surface area (Å²) >= 11 is 0. The molecule has 0 radical (unpaired) electrons. The minimum atomic E-state index is 0.503. The fourth-order valence-electron chi connectivity index (χ4n) is 2.24. The number of likely N-dealkylation sites (tertiary alicyclic amines) is 1. The Morgan fingerprint density at radius 2 is 1.93 bits per heavy atom. The molecule has 1 rings (SSSR count). The van der Waals surface area contributed by atoms with Crippen LogP contribution in [0.25, 0.3) is 0 Å². The summed E-state index contributed by atoms with van der Waals surface area (Å²) in [6.45, 7) is 9.85. The van der Waals surface area contributed by atoms with E-state index < -0.39 is 0 Å². The van der Waals surface area contributed by atoms with Crippen LogP contribution in [0.4, 0.5) is 0 Å². The van der Waals surface area contributed by atoms with Crippen molar-refractivity contribution in [1.29, 1.82) is 0 Å². The molecule has 0 spiro atoms. The molecule has 1 aliphatic heterocycles. The molecule has 3 nitrogen and oxygen atoms in total. The highest BCUT2D eigenvalue weighted by Crippen LogP contribution is 2.17. The van der Waals surface area contributed by atoms with Crippen LogP contribution < -0.4 is 5.32 Å². The van der Waals surface area contributed by atoms with Crippen molar-refractivity contribution in [1.82, 2.24) is 10.2 Å². The second kappa shape index (κ2) is 6.46. The molecule has 1 fully saturated rings. The first-order valence-electron chi connectivity index (χ1n) is 6.22. The van der Waals surface area contributed by atoms with Gasteiger partial charge in [0.15, 0.2) is 0 Å². The van der Waals surface area contributed by atoms with E-state index in [0.29, 0.717) is 18.2 Å². The van der Waals surface area contributed by atoms with Crippen molar-refractivity contribution in [3.8, 4) is 0 Å². The molecule has 1 saturated heterocycles. The first kappa shape index (κ1) is 12.9. The average Bonchev–Trinajstić information content (AvgIpc) is 2.28. The topological polar surface area (TPSA) is 24.5 Å². The van der Waals surface area contributed by atoms with E-state index in [-0.39, 0.29) is 0 Å². The summed E-state index contributed by atoms with van der Waals surface area (Å²) < 4.78 is 5.66. The smallest absolute Gasteiger partial charge is 0.0599 e. The third-order valence-corrected chi connectivity index (χ3v) is 3.63. The van der Waals surface area contributed by atoms with Crippen LogP contribution in [0.1, 0.15) is 33.6 Å². The maximum absolute atomic E-state index is 5.66. The van der Waals surface area contributed by atoms with Gasteiger partial charge < -0.3 is 10.1 Å². The Labute approximate surface area is 94.2 Å². The van der Waals surface area contributed by atoms with E-state index in [9.17, 15) is 0 Å². The highest BCUT2D eigenvalue weighted by molar-refractivity contribution is 4.81. The highest BCUT2D eigenvalue weighted by Gasteiger charge is 2.24. The molecule has 2 atom stereocenters. The van der Waals surface area contributed by atoms with Crippen LogP contribution in [0.3, 0.4) is 0 Å². The van der Waals surface area contributed by atoms with Crippen LogP contribution in [-0.4, -0.2) is 49.8 Å². The van der Waals surface area contributed by atoms with E-state index in [1.165, 1.54) is 25.9 Å². The van der Waals surface area contributed by atoms with Crippen LogP contribution >= 0.6 is 0 Å². The molecule has 90 valence electrons. The van der Waals surface area contributed by atoms with Gasteiger partial charge in [-0.1, -0.05) is 0 Å². The molecule has 0 bridgehead atoms. The number of likely N-dealkylation sites (N-methyl/N-ethyl adjacent to an activating group) is 1. The third kappa shape index (κ3) is 3.74. The first-order chi connectivity index (χ1) is 7.19. The predicted molar refractivity (Wildman–Crippen MR) is 64.2 cm³/mol. The maximum atomic E-state index is 5.66. The van der Waals surface area contributed by atoms with Crippen molar-refractivity contribution in [2.45, 2.75) is 51.8 Å². The zero-order chi connectivity index (χ0) is 11.3. The lowest BCUT2D eigenvalue weighted by atomic mass is 10.0. The van der Waals surface area contributed by atoms with Gasteiger partial charge in [0, 0.05) is 31.8 Å². The first-order valence-corrected chi connectivity index (χ1v) is 6.22. The van der Waals surface area contributed by atoms with Crippen LogP contribution in [0.2, 0.25) is 0 Å². The molecule has 0 aromatic rings. The molecule has 0 saturated carbocycles. The van der Waals surface area contributed by atoms with Gasteiger partial charge in [0.25, 0.3) is 0 Å². The Balaban J connectivity index is 2.30. The third-order valence-electron chi connectivity index (χ3n) is 3.63. The average molecular weight is 214 g/mol. The standard InChI is InChI=1S/C12H26N2O/c1-5-15-12-6-8-14(9-7-12)11(3)10(2)13-4/h10-13H,5-9H2,1-4H3. The molecule has 1 N–H and O–H groups in total. The Kier molecular flexibility index (Phi) is 5.58. The fourth-order valence-corrected chi connectivity index (χ4v) is 2.24. The zero-order valence-electron chi connectivity index (χ0n) is 10.6.